The molecule has 1 heterocycles. The smallest absolute Gasteiger partial charge is 0.139 e. The Morgan fingerprint density at radius 1 is 1.28 bits per heavy atom. The van der Waals surface area contributed by atoms with Crippen molar-refractivity contribution >= 4 is 24.2 Å². The summed E-state index contributed by atoms with van der Waals surface area (Å²) in [6.07, 6.45) is 3.23. The predicted octanol–water partition coefficient (Wildman–Crippen LogP) is 1.45. The molecule has 0 amide bonds. The van der Waals surface area contributed by atoms with E-state index in [1.54, 1.807) is 0 Å². The van der Waals surface area contributed by atoms with Crippen molar-refractivity contribution in [2.24, 2.45) is 11.7 Å². The topological polar surface area (TPSA) is 30.9 Å². The standard InChI is InChI=1S/C15H23BN2/c1-10(2)8-18-9-12(6-11(3)17)14-5-4-13(16)7-15(14)18/h4-5,7,9-11H,6,8,16-17H2,1-3H3. The average Bonchev–Trinajstić information content (AvgIpc) is 2.54. The van der Waals surface area contributed by atoms with Crippen LogP contribution in [0.1, 0.15) is 26.3 Å². The van der Waals surface area contributed by atoms with E-state index in [1.165, 1.54) is 21.9 Å². The molecule has 1 atom stereocenters. The Kier molecular flexibility index (Phi) is 3.81. The van der Waals surface area contributed by atoms with E-state index >= 15 is 0 Å². The van der Waals surface area contributed by atoms with E-state index in [1.807, 2.05) is 0 Å². The molecule has 1 aromatic carbocycles. The minimum atomic E-state index is 0.212. The van der Waals surface area contributed by atoms with Crippen molar-refractivity contribution in [1.82, 2.24) is 4.57 Å². The van der Waals surface area contributed by atoms with Gasteiger partial charge in [0.2, 0.25) is 0 Å². The number of hydrogen-bond acceptors (Lipinski definition) is 1. The third-order valence-electron chi connectivity index (χ3n) is 3.22. The fraction of sp³-hybridized carbons (Fsp3) is 0.467. The molecule has 0 aliphatic carbocycles. The van der Waals surface area contributed by atoms with E-state index in [4.69, 9.17) is 5.73 Å². The lowest BCUT2D eigenvalue weighted by atomic mass is 9.94. The quantitative estimate of drug-likeness (QED) is 0.808. The molecule has 18 heavy (non-hydrogen) atoms. The van der Waals surface area contributed by atoms with Crippen LogP contribution in [0.3, 0.4) is 0 Å². The van der Waals surface area contributed by atoms with E-state index in [0.717, 1.165) is 13.0 Å². The summed E-state index contributed by atoms with van der Waals surface area (Å²) in [7, 11) is 2.15. The van der Waals surface area contributed by atoms with Crippen molar-refractivity contribution in [2.75, 3.05) is 0 Å². The van der Waals surface area contributed by atoms with Gasteiger partial charge in [0.15, 0.2) is 0 Å². The zero-order valence-corrected chi connectivity index (χ0v) is 11.9. The predicted molar refractivity (Wildman–Crippen MR) is 82.3 cm³/mol. The van der Waals surface area contributed by atoms with Crippen molar-refractivity contribution in [3.63, 3.8) is 0 Å². The first kappa shape index (κ1) is 13.2. The fourth-order valence-corrected chi connectivity index (χ4v) is 2.53. The van der Waals surface area contributed by atoms with Gasteiger partial charge in [-0.25, -0.2) is 0 Å². The summed E-state index contributed by atoms with van der Waals surface area (Å²) in [6.45, 7) is 7.65. The highest BCUT2D eigenvalue weighted by atomic mass is 15.0. The lowest BCUT2D eigenvalue weighted by Crippen LogP contribution is -2.17. The number of nitrogens with zero attached hydrogens (tertiary/aromatic N) is 1. The summed E-state index contributed by atoms with van der Waals surface area (Å²) in [4.78, 5) is 0. The zero-order chi connectivity index (χ0) is 13.3. The second-order valence-corrected chi connectivity index (χ2v) is 5.90. The maximum absolute atomic E-state index is 5.95. The summed E-state index contributed by atoms with van der Waals surface area (Å²) >= 11 is 0. The van der Waals surface area contributed by atoms with Crippen molar-refractivity contribution in [3.05, 3.63) is 30.0 Å². The number of fused-ring (bicyclic) bond motifs is 1. The molecule has 0 saturated heterocycles. The molecule has 2 aromatic rings. The Hall–Kier alpha value is -1.22. The average molecular weight is 242 g/mol. The fourth-order valence-electron chi connectivity index (χ4n) is 2.53. The second kappa shape index (κ2) is 5.19. The number of hydrogen-bond donors (Lipinski definition) is 1. The third-order valence-corrected chi connectivity index (χ3v) is 3.22. The summed E-state index contributed by atoms with van der Waals surface area (Å²) in [5.74, 6) is 0.657. The normalized spacial score (nSPS) is 13.4. The molecule has 2 N–H and O–H groups in total. The van der Waals surface area contributed by atoms with Crippen molar-refractivity contribution in [1.29, 1.82) is 0 Å². The van der Waals surface area contributed by atoms with Crippen LogP contribution in [0.25, 0.3) is 10.9 Å². The molecule has 0 spiro atoms. The lowest BCUT2D eigenvalue weighted by Gasteiger charge is -2.08. The highest BCUT2D eigenvalue weighted by Crippen LogP contribution is 2.22. The monoisotopic (exact) mass is 242 g/mol. The Labute approximate surface area is 111 Å². The van der Waals surface area contributed by atoms with Gasteiger partial charge in [-0.15, -0.1) is 0 Å². The van der Waals surface area contributed by atoms with Crippen LogP contribution in [0.15, 0.2) is 24.4 Å². The first-order chi connectivity index (χ1) is 8.47. The van der Waals surface area contributed by atoms with Gasteiger partial charge in [-0.1, -0.05) is 31.4 Å². The molecular weight excluding hydrogens is 219 g/mol. The van der Waals surface area contributed by atoms with E-state index in [-0.39, 0.29) is 6.04 Å². The molecule has 96 valence electrons. The van der Waals surface area contributed by atoms with Crippen LogP contribution in [0.4, 0.5) is 0 Å². The van der Waals surface area contributed by atoms with Gasteiger partial charge in [-0.05, 0) is 30.9 Å². The van der Waals surface area contributed by atoms with Crippen LogP contribution in [0.2, 0.25) is 0 Å². The highest BCUT2D eigenvalue weighted by Gasteiger charge is 2.10. The first-order valence-electron chi connectivity index (χ1n) is 6.81. The Balaban J connectivity index is 2.52. The van der Waals surface area contributed by atoms with Gasteiger partial charge in [-0.3, -0.25) is 0 Å². The maximum atomic E-state index is 5.95. The van der Waals surface area contributed by atoms with Gasteiger partial charge in [0.05, 0.1) is 0 Å². The van der Waals surface area contributed by atoms with Gasteiger partial charge in [-0.2, -0.15) is 0 Å². The number of nitrogens with two attached hydrogens (primary N) is 1. The Morgan fingerprint density at radius 3 is 2.61 bits per heavy atom. The molecule has 3 heteroatoms. The van der Waals surface area contributed by atoms with Crippen molar-refractivity contribution in [3.8, 4) is 0 Å². The minimum Gasteiger partial charge on any atom is -0.347 e. The van der Waals surface area contributed by atoms with Crippen LogP contribution in [0, 0.1) is 5.92 Å². The third kappa shape index (κ3) is 2.78. The SMILES string of the molecule is Bc1ccc2c(CC(C)N)cn(CC(C)C)c2c1. The molecular formula is C15H23BN2. The second-order valence-electron chi connectivity index (χ2n) is 5.90. The first-order valence-corrected chi connectivity index (χ1v) is 6.81. The summed E-state index contributed by atoms with van der Waals surface area (Å²) in [5.41, 5.74) is 9.99. The molecule has 0 bridgehead atoms. The van der Waals surface area contributed by atoms with E-state index in [9.17, 15) is 0 Å². The van der Waals surface area contributed by atoms with Crippen molar-refractivity contribution < 1.29 is 0 Å². The van der Waals surface area contributed by atoms with Gasteiger partial charge < -0.3 is 10.3 Å². The van der Waals surface area contributed by atoms with Gasteiger partial charge in [0, 0.05) is 29.7 Å². The van der Waals surface area contributed by atoms with Gasteiger partial charge in [0.1, 0.15) is 7.85 Å². The molecule has 0 fully saturated rings. The number of rotatable bonds is 4. The van der Waals surface area contributed by atoms with Crippen LogP contribution in [0.5, 0.6) is 0 Å². The van der Waals surface area contributed by atoms with E-state index in [2.05, 4.69) is 57.6 Å². The Bertz CT molecular complexity index is 541. The summed E-state index contributed by atoms with van der Waals surface area (Å²) in [5, 5.41) is 1.36. The molecule has 0 aliphatic heterocycles. The van der Waals surface area contributed by atoms with Crippen LogP contribution in [-0.2, 0) is 13.0 Å². The highest BCUT2D eigenvalue weighted by molar-refractivity contribution is 6.33. The number of aromatic nitrogens is 1. The zero-order valence-electron chi connectivity index (χ0n) is 11.9. The Morgan fingerprint density at radius 2 is 2.00 bits per heavy atom. The number of benzene rings is 1. The molecule has 1 aromatic heterocycles. The molecule has 0 radical (unpaired) electrons. The molecule has 0 saturated carbocycles. The molecule has 0 aliphatic rings. The van der Waals surface area contributed by atoms with E-state index in [0.29, 0.717) is 5.92 Å². The van der Waals surface area contributed by atoms with Gasteiger partial charge >= 0.3 is 0 Å². The van der Waals surface area contributed by atoms with Crippen LogP contribution < -0.4 is 11.2 Å². The lowest BCUT2D eigenvalue weighted by molar-refractivity contribution is 0.534. The summed E-state index contributed by atoms with van der Waals surface area (Å²) < 4.78 is 2.38. The molecule has 2 nitrogen and oxygen atoms in total. The molecule has 2 rings (SSSR count). The van der Waals surface area contributed by atoms with E-state index < -0.39 is 0 Å². The maximum Gasteiger partial charge on any atom is 0.139 e. The summed E-state index contributed by atoms with van der Waals surface area (Å²) in [6, 6.07) is 6.92. The van der Waals surface area contributed by atoms with Crippen LogP contribution in [-0.4, -0.2) is 18.5 Å². The van der Waals surface area contributed by atoms with Crippen LogP contribution >= 0.6 is 0 Å². The van der Waals surface area contributed by atoms with Crippen molar-refractivity contribution in [2.45, 2.75) is 39.8 Å². The largest absolute Gasteiger partial charge is 0.347 e. The van der Waals surface area contributed by atoms with Gasteiger partial charge in [0.25, 0.3) is 0 Å². The minimum absolute atomic E-state index is 0.212. The molecule has 1 unspecified atom stereocenters.